The van der Waals surface area contributed by atoms with Crippen LogP contribution in [-0.4, -0.2) is 15.0 Å². The predicted octanol–water partition coefficient (Wildman–Crippen LogP) is 2.98. The summed E-state index contributed by atoms with van der Waals surface area (Å²) in [6.07, 6.45) is 7.48. The molecule has 3 rings (SSSR count). The van der Waals surface area contributed by atoms with Gasteiger partial charge in [-0.25, -0.2) is 0 Å². The summed E-state index contributed by atoms with van der Waals surface area (Å²) >= 11 is 0. The first-order valence-corrected chi connectivity index (χ1v) is 8.05. The minimum absolute atomic E-state index is 0.717. The third-order valence-corrected chi connectivity index (χ3v) is 4.84. The highest BCUT2D eigenvalue weighted by molar-refractivity contribution is 7.75. The second-order valence-corrected chi connectivity index (χ2v) is 6.27. The maximum absolute atomic E-state index is 4.48. The van der Waals surface area contributed by atoms with E-state index in [2.05, 4.69) is 20.8 Å². The molecule has 0 aromatic carbocycles. The Morgan fingerprint density at radius 3 is 1.71 bits per heavy atom. The zero-order valence-electron chi connectivity index (χ0n) is 11.4. The first-order chi connectivity index (χ1) is 10.4. The van der Waals surface area contributed by atoms with Crippen LogP contribution in [0.4, 0.5) is 0 Å². The molecule has 0 atom stereocenters. The molecule has 21 heavy (non-hydrogen) atoms. The average molecular weight is 291 g/mol. The van der Waals surface area contributed by atoms with Crippen LogP contribution in [0.15, 0.2) is 79.0 Å². The van der Waals surface area contributed by atoms with Gasteiger partial charge in [0.05, 0.1) is 16.6 Å². The molecule has 0 aliphatic rings. The van der Waals surface area contributed by atoms with E-state index in [1.54, 1.807) is 6.20 Å². The van der Waals surface area contributed by atoms with Crippen molar-refractivity contribution < 1.29 is 0 Å². The Hall–Kier alpha value is -2.38. The van der Waals surface area contributed by atoms with E-state index in [-0.39, 0.29) is 0 Å². The van der Waals surface area contributed by atoms with Crippen molar-refractivity contribution in [1.82, 2.24) is 15.0 Å². The van der Waals surface area contributed by atoms with E-state index >= 15 is 0 Å². The van der Waals surface area contributed by atoms with Gasteiger partial charge in [0.25, 0.3) is 0 Å². The lowest BCUT2D eigenvalue weighted by Crippen LogP contribution is -2.15. The molecule has 3 heterocycles. The van der Waals surface area contributed by atoms with Gasteiger partial charge in [0, 0.05) is 26.5 Å². The summed E-state index contributed by atoms with van der Waals surface area (Å²) in [6, 6.07) is 17.8. The van der Waals surface area contributed by atoms with Gasteiger partial charge in [0.15, 0.2) is 0 Å². The van der Waals surface area contributed by atoms with Crippen molar-refractivity contribution >= 4 is 24.9 Å². The van der Waals surface area contributed by atoms with Crippen LogP contribution in [-0.2, 0) is 0 Å². The molecule has 0 unspecified atom stereocenters. The van der Waals surface area contributed by atoms with E-state index in [0.29, 0.717) is 0 Å². The van der Waals surface area contributed by atoms with Gasteiger partial charge in [-0.2, -0.15) is 0 Å². The number of hydrogen-bond acceptors (Lipinski definition) is 3. The minimum atomic E-state index is -0.717. The van der Waals surface area contributed by atoms with Crippen LogP contribution in [0.2, 0.25) is 0 Å². The van der Waals surface area contributed by atoms with Crippen LogP contribution >= 0.6 is 7.92 Å². The van der Waals surface area contributed by atoms with E-state index in [4.69, 9.17) is 0 Å². The summed E-state index contributed by atoms with van der Waals surface area (Å²) < 4.78 is 0. The normalized spacial score (nSPS) is 11.1. The van der Waals surface area contributed by atoms with Gasteiger partial charge in [-0.3, -0.25) is 15.0 Å². The maximum atomic E-state index is 4.48. The zero-order valence-corrected chi connectivity index (χ0v) is 12.3. The summed E-state index contributed by atoms with van der Waals surface area (Å²) in [6.45, 7) is 0. The molecule has 0 fully saturated rings. The van der Waals surface area contributed by atoms with Crippen LogP contribution in [0.3, 0.4) is 0 Å². The molecule has 0 aliphatic carbocycles. The van der Waals surface area contributed by atoms with Crippen molar-refractivity contribution in [2.75, 3.05) is 0 Å². The van der Waals surface area contributed by atoms with Gasteiger partial charge in [-0.1, -0.05) is 18.2 Å². The maximum Gasteiger partial charge on any atom is 0.0731 e. The molecule has 3 aromatic heterocycles. The van der Waals surface area contributed by atoms with Crippen molar-refractivity contribution in [2.24, 2.45) is 0 Å². The van der Waals surface area contributed by atoms with E-state index in [1.165, 1.54) is 0 Å². The summed E-state index contributed by atoms with van der Waals surface area (Å²) in [5.41, 5.74) is 3.02. The van der Waals surface area contributed by atoms with E-state index in [0.717, 1.165) is 16.6 Å². The van der Waals surface area contributed by atoms with Crippen LogP contribution in [0.25, 0.3) is 6.08 Å². The fraction of sp³-hybridized carbons (Fsp3) is 0. The van der Waals surface area contributed by atoms with Gasteiger partial charge < -0.3 is 0 Å². The van der Waals surface area contributed by atoms with Gasteiger partial charge in [0.1, 0.15) is 0 Å². The Balaban J connectivity index is 1.96. The summed E-state index contributed by atoms with van der Waals surface area (Å²) in [5.74, 6) is 2.16. The Morgan fingerprint density at radius 1 is 0.667 bits per heavy atom. The van der Waals surface area contributed by atoms with Crippen LogP contribution < -0.4 is 10.9 Å². The molecule has 0 N–H and O–H groups in total. The van der Waals surface area contributed by atoms with Crippen LogP contribution in [0, 0.1) is 0 Å². The molecular formula is C17H14N3P. The highest BCUT2D eigenvalue weighted by Crippen LogP contribution is 2.33. The molecule has 3 aromatic rings. The third-order valence-electron chi connectivity index (χ3n) is 2.87. The number of pyridine rings is 3. The Kier molecular flexibility index (Phi) is 4.45. The Bertz CT molecular complexity index is 660. The molecule has 0 aliphatic heterocycles. The van der Waals surface area contributed by atoms with E-state index < -0.39 is 7.92 Å². The topological polar surface area (TPSA) is 38.7 Å². The van der Waals surface area contributed by atoms with Crippen molar-refractivity contribution in [3.63, 3.8) is 0 Å². The minimum Gasteiger partial charge on any atom is -0.257 e. The molecule has 0 saturated heterocycles. The summed E-state index contributed by atoms with van der Waals surface area (Å²) in [4.78, 5) is 13.3. The molecule has 4 heteroatoms. The highest BCUT2D eigenvalue weighted by atomic mass is 31.1. The second kappa shape index (κ2) is 6.87. The van der Waals surface area contributed by atoms with Crippen molar-refractivity contribution in [2.45, 2.75) is 0 Å². The fourth-order valence-corrected chi connectivity index (χ4v) is 3.61. The lowest BCUT2D eigenvalue weighted by Gasteiger charge is -2.11. The van der Waals surface area contributed by atoms with Crippen molar-refractivity contribution in [3.8, 4) is 0 Å². The molecule has 0 spiro atoms. The third kappa shape index (κ3) is 3.59. The van der Waals surface area contributed by atoms with Gasteiger partial charge in [0.2, 0.25) is 0 Å². The SMILES string of the molecule is C(=CP(c1ccccn1)c1ccccn1)c1ccccn1. The van der Waals surface area contributed by atoms with Gasteiger partial charge in [-0.15, -0.1) is 0 Å². The molecule has 3 nitrogen and oxygen atoms in total. The average Bonchev–Trinajstić information content (AvgIpc) is 2.58. The van der Waals surface area contributed by atoms with E-state index in [9.17, 15) is 0 Å². The molecule has 0 bridgehead atoms. The molecule has 0 amide bonds. The summed E-state index contributed by atoms with van der Waals surface area (Å²) in [7, 11) is -0.717. The Morgan fingerprint density at radius 2 is 1.24 bits per heavy atom. The van der Waals surface area contributed by atoms with Gasteiger partial charge in [-0.05, 0) is 48.3 Å². The molecular weight excluding hydrogens is 277 g/mol. The smallest absolute Gasteiger partial charge is 0.0731 e. The predicted molar refractivity (Wildman–Crippen MR) is 87.9 cm³/mol. The first kappa shape index (κ1) is 13.6. The fourth-order valence-electron chi connectivity index (χ4n) is 1.89. The molecule has 0 radical (unpaired) electrons. The Labute approximate surface area is 125 Å². The highest BCUT2D eigenvalue weighted by Gasteiger charge is 2.12. The van der Waals surface area contributed by atoms with Crippen LogP contribution in [0.1, 0.15) is 5.69 Å². The lowest BCUT2D eigenvalue weighted by atomic mass is 10.3. The number of nitrogens with zero attached hydrogens (tertiary/aromatic N) is 3. The number of aromatic nitrogens is 3. The zero-order chi connectivity index (χ0) is 14.3. The largest absolute Gasteiger partial charge is 0.257 e. The van der Waals surface area contributed by atoms with Crippen molar-refractivity contribution in [1.29, 1.82) is 0 Å². The van der Waals surface area contributed by atoms with E-state index in [1.807, 2.05) is 73.1 Å². The molecule has 0 saturated carbocycles. The van der Waals surface area contributed by atoms with Crippen molar-refractivity contribution in [3.05, 3.63) is 84.7 Å². The monoisotopic (exact) mass is 291 g/mol. The van der Waals surface area contributed by atoms with Gasteiger partial charge >= 0.3 is 0 Å². The number of rotatable bonds is 4. The number of hydrogen-bond donors (Lipinski definition) is 0. The second-order valence-electron chi connectivity index (χ2n) is 4.32. The van der Waals surface area contributed by atoms with Crippen LogP contribution in [0.5, 0.6) is 0 Å². The quantitative estimate of drug-likeness (QED) is 0.694. The first-order valence-electron chi connectivity index (χ1n) is 6.64. The lowest BCUT2D eigenvalue weighted by molar-refractivity contribution is 1.30. The summed E-state index contributed by atoms with van der Waals surface area (Å²) in [5, 5.41) is 0. The standard InChI is InChI=1S/C17H14N3P/c1-4-11-18-15(7-1)10-14-21(16-8-2-5-12-19-16)17-9-3-6-13-20-17/h1-14H. The molecule has 102 valence electrons.